The molecule has 2 aromatic carbocycles. The molecule has 0 saturated carbocycles. The van der Waals surface area contributed by atoms with E-state index in [0.717, 1.165) is 29.5 Å². The number of nitrogens with zero attached hydrogens (tertiary/aromatic N) is 1. The fourth-order valence-electron chi connectivity index (χ4n) is 1.80. The van der Waals surface area contributed by atoms with Crippen LogP contribution in [0.4, 0.5) is 0 Å². The molecule has 0 aliphatic rings. The Bertz CT molecular complexity index is 742. The van der Waals surface area contributed by atoms with Gasteiger partial charge in [-0.1, -0.05) is 26.4 Å². The van der Waals surface area contributed by atoms with Gasteiger partial charge < -0.3 is 0 Å². The Morgan fingerprint density at radius 3 is 2.65 bits per heavy atom. The SMILES string of the molecule is O=C(Cl)c1cccc2nc3ccccc3pc12. The molecule has 0 saturated heterocycles. The minimum atomic E-state index is -0.427. The molecule has 3 aromatic rings. The molecule has 0 atom stereocenters. The molecule has 4 heteroatoms. The summed E-state index contributed by atoms with van der Waals surface area (Å²) in [7, 11) is 0.987. The van der Waals surface area contributed by atoms with Crippen LogP contribution in [0.1, 0.15) is 10.4 Å². The number of halogens is 1. The minimum Gasteiger partial charge on any atom is -0.276 e. The van der Waals surface area contributed by atoms with Crippen LogP contribution >= 0.6 is 19.8 Å². The Balaban J connectivity index is 2.47. The lowest BCUT2D eigenvalue weighted by molar-refractivity contribution is 0.108. The predicted octanol–water partition coefficient (Wildman–Crippen LogP) is 4.35. The number of benzene rings is 2. The van der Waals surface area contributed by atoms with Gasteiger partial charge in [-0.25, -0.2) is 4.98 Å². The molecule has 3 rings (SSSR count). The lowest BCUT2D eigenvalue weighted by atomic mass is 10.2. The van der Waals surface area contributed by atoms with Crippen molar-refractivity contribution in [1.29, 1.82) is 0 Å². The summed E-state index contributed by atoms with van der Waals surface area (Å²) in [4.78, 5) is 15.9. The maximum absolute atomic E-state index is 11.3. The normalized spacial score (nSPS) is 11.4. The second-order valence-corrected chi connectivity index (χ2v) is 5.16. The van der Waals surface area contributed by atoms with E-state index < -0.39 is 5.24 Å². The van der Waals surface area contributed by atoms with E-state index >= 15 is 0 Å². The van der Waals surface area contributed by atoms with Crippen molar-refractivity contribution in [3.05, 3.63) is 48.0 Å². The summed E-state index contributed by atoms with van der Waals surface area (Å²) in [5, 5.41) is 1.57. The number of fused-ring (bicyclic) bond motifs is 2. The molecule has 0 radical (unpaired) electrons. The molecule has 82 valence electrons. The molecular weight excluding hydrogens is 253 g/mol. The van der Waals surface area contributed by atoms with Crippen molar-refractivity contribution in [1.82, 2.24) is 4.98 Å². The van der Waals surface area contributed by atoms with Gasteiger partial charge in [0, 0.05) is 15.8 Å². The zero-order chi connectivity index (χ0) is 11.8. The molecule has 1 heterocycles. The fraction of sp³-hybridized carbons (Fsp3) is 0. The third-order valence-corrected chi connectivity index (χ3v) is 4.10. The summed E-state index contributed by atoms with van der Waals surface area (Å²) in [5.41, 5.74) is 2.33. The van der Waals surface area contributed by atoms with Gasteiger partial charge in [0.05, 0.1) is 11.0 Å². The Morgan fingerprint density at radius 1 is 1.06 bits per heavy atom. The predicted molar refractivity (Wildman–Crippen MR) is 71.9 cm³/mol. The zero-order valence-corrected chi connectivity index (χ0v) is 10.4. The number of hydrogen-bond donors (Lipinski definition) is 0. The van der Waals surface area contributed by atoms with E-state index in [-0.39, 0.29) is 0 Å². The molecule has 1 aromatic heterocycles. The Kier molecular flexibility index (Phi) is 2.54. The molecule has 2 nitrogen and oxygen atoms in total. The smallest absolute Gasteiger partial charge is 0.253 e. The van der Waals surface area contributed by atoms with E-state index in [1.807, 2.05) is 30.3 Å². The van der Waals surface area contributed by atoms with Gasteiger partial charge in [0.15, 0.2) is 0 Å². The second-order valence-electron chi connectivity index (χ2n) is 3.66. The maximum Gasteiger partial charge on any atom is 0.253 e. The van der Waals surface area contributed by atoms with Crippen molar-refractivity contribution >= 4 is 46.3 Å². The van der Waals surface area contributed by atoms with Crippen LogP contribution < -0.4 is 0 Å². The molecule has 0 amide bonds. The van der Waals surface area contributed by atoms with Crippen molar-refractivity contribution in [3.63, 3.8) is 0 Å². The highest BCUT2D eigenvalue weighted by Gasteiger charge is 2.09. The Labute approximate surface area is 104 Å². The van der Waals surface area contributed by atoms with Gasteiger partial charge >= 0.3 is 0 Å². The van der Waals surface area contributed by atoms with Gasteiger partial charge in [0.1, 0.15) is 0 Å². The third-order valence-electron chi connectivity index (χ3n) is 2.58. The van der Waals surface area contributed by atoms with Gasteiger partial charge in [-0.3, -0.25) is 4.79 Å². The van der Waals surface area contributed by atoms with Crippen LogP contribution in [0.15, 0.2) is 42.5 Å². The van der Waals surface area contributed by atoms with Crippen LogP contribution in [-0.2, 0) is 0 Å². The van der Waals surface area contributed by atoms with E-state index in [2.05, 4.69) is 4.98 Å². The Morgan fingerprint density at radius 2 is 1.82 bits per heavy atom. The first kappa shape index (κ1) is 10.6. The molecule has 0 unspecified atom stereocenters. The van der Waals surface area contributed by atoms with Crippen LogP contribution in [0.25, 0.3) is 21.3 Å². The van der Waals surface area contributed by atoms with E-state index in [1.165, 1.54) is 0 Å². The third kappa shape index (κ3) is 1.80. The fourth-order valence-corrected chi connectivity index (χ4v) is 3.20. The summed E-state index contributed by atoms with van der Waals surface area (Å²) in [6, 6.07) is 13.4. The zero-order valence-electron chi connectivity index (χ0n) is 8.72. The molecule has 0 aliphatic carbocycles. The lowest BCUT2D eigenvalue weighted by Gasteiger charge is -2.03. The number of hydrogen-bond acceptors (Lipinski definition) is 2. The average molecular weight is 260 g/mol. The van der Waals surface area contributed by atoms with Gasteiger partial charge in [0.25, 0.3) is 5.24 Å². The number of para-hydroxylation sites is 1. The van der Waals surface area contributed by atoms with E-state index in [4.69, 9.17) is 11.6 Å². The van der Waals surface area contributed by atoms with Crippen molar-refractivity contribution in [3.8, 4) is 0 Å². The van der Waals surface area contributed by atoms with Crippen molar-refractivity contribution in [2.75, 3.05) is 0 Å². The number of rotatable bonds is 1. The largest absolute Gasteiger partial charge is 0.276 e. The lowest BCUT2D eigenvalue weighted by Crippen LogP contribution is -1.90. The highest BCUT2D eigenvalue weighted by atomic mass is 35.5. The van der Waals surface area contributed by atoms with Gasteiger partial charge in [0.2, 0.25) is 0 Å². The molecule has 0 spiro atoms. The molecule has 17 heavy (non-hydrogen) atoms. The van der Waals surface area contributed by atoms with Crippen LogP contribution in [0.5, 0.6) is 0 Å². The number of aromatic nitrogens is 1. The quantitative estimate of drug-likeness (QED) is 0.480. The van der Waals surface area contributed by atoms with Gasteiger partial charge in [-0.2, -0.15) is 0 Å². The first-order valence-corrected chi connectivity index (χ1v) is 6.38. The van der Waals surface area contributed by atoms with E-state index in [0.29, 0.717) is 5.56 Å². The Hall–Kier alpha value is -1.50. The highest BCUT2D eigenvalue weighted by Crippen LogP contribution is 2.32. The monoisotopic (exact) mass is 259 g/mol. The first-order chi connectivity index (χ1) is 8.25. The molecule has 0 N–H and O–H groups in total. The standard InChI is InChI=1S/C13H7ClNOP/c14-13(16)8-4-3-6-10-12(8)17-11-7-2-1-5-9(11)15-10/h1-7H. The van der Waals surface area contributed by atoms with Crippen molar-refractivity contribution in [2.45, 2.75) is 0 Å². The van der Waals surface area contributed by atoms with Gasteiger partial charge in [-0.15, -0.1) is 0 Å². The minimum absolute atomic E-state index is 0.427. The van der Waals surface area contributed by atoms with Crippen LogP contribution in [0, 0.1) is 0 Å². The first-order valence-electron chi connectivity index (χ1n) is 5.11. The van der Waals surface area contributed by atoms with Crippen LogP contribution in [-0.4, -0.2) is 10.2 Å². The van der Waals surface area contributed by atoms with Crippen LogP contribution in [0.2, 0.25) is 0 Å². The molecular formula is C13H7ClNOP. The van der Waals surface area contributed by atoms with Gasteiger partial charge in [-0.05, 0) is 35.9 Å². The van der Waals surface area contributed by atoms with Crippen molar-refractivity contribution < 1.29 is 4.79 Å². The summed E-state index contributed by atoms with van der Waals surface area (Å²) < 4.78 is 0. The van der Waals surface area contributed by atoms with Crippen LogP contribution in [0.3, 0.4) is 0 Å². The summed E-state index contributed by atoms with van der Waals surface area (Å²) in [5.74, 6) is 0. The van der Waals surface area contributed by atoms with Crippen molar-refractivity contribution in [2.24, 2.45) is 0 Å². The molecule has 0 bridgehead atoms. The van der Waals surface area contributed by atoms with E-state index in [1.54, 1.807) is 12.1 Å². The number of carbonyl (C=O) groups excluding carboxylic acids is 1. The topological polar surface area (TPSA) is 30.0 Å². The summed E-state index contributed by atoms with van der Waals surface area (Å²) >= 11 is 5.58. The molecule has 0 fully saturated rings. The maximum atomic E-state index is 11.3. The average Bonchev–Trinajstić information content (AvgIpc) is 2.35. The highest BCUT2D eigenvalue weighted by molar-refractivity contribution is 7.43. The second kappa shape index (κ2) is 4.06. The number of carbonyl (C=O) groups is 1. The summed E-state index contributed by atoms with van der Waals surface area (Å²) in [6.45, 7) is 0. The molecule has 0 aliphatic heterocycles. The summed E-state index contributed by atoms with van der Waals surface area (Å²) in [6.07, 6.45) is 0. The van der Waals surface area contributed by atoms with E-state index in [9.17, 15) is 4.79 Å².